The molecule has 2 amide bonds. The van der Waals surface area contributed by atoms with E-state index in [1.807, 2.05) is 22.1 Å². The molecule has 0 bridgehead atoms. The summed E-state index contributed by atoms with van der Waals surface area (Å²) in [5.74, 6) is 2.45. The van der Waals surface area contributed by atoms with Gasteiger partial charge in [0, 0.05) is 36.6 Å². The number of benzene rings is 2. The molecule has 0 unspecified atom stereocenters. The van der Waals surface area contributed by atoms with E-state index in [-0.39, 0.29) is 6.03 Å². The maximum Gasteiger partial charge on any atom is 0.320 e. The van der Waals surface area contributed by atoms with Gasteiger partial charge >= 0.3 is 6.03 Å². The minimum absolute atomic E-state index is 0.136. The maximum absolute atomic E-state index is 13.1. The van der Waals surface area contributed by atoms with Crippen molar-refractivity contribution in [2.24, 2.45) is 5.92 Å². The van der Waals surface area contributed by atoms with Crippen LogP contribution in [0.1, 0.15) is 25.3 Å². The highest BCUT2D eigenvalue weighted by molar-refractivity contribution is 5.75. The highest BCUT2D eigenvalue weighted by Crippen LogP contribution is 2.31. The molecule has 2 aliphatic rings. The summed E-state index contributed by atoms with van der Waals surface area (Å²) in [5.41, 5.74) is 4.36. The first kappa shape index (κ1) is 19.7. The second-order valence-corrected chi connectivity index (χ2v) is 8.56. The normalized spacial score (nSPS) is 17.1. The number of piperidine rings is 1. The van der Waals surface area contributed by atoms with Crippen molar-refractivity contribution in [3.63, 3.8) is 0 Å². The predicted molar refractivity (Wildman–Crippen MR) is 121 cm³/mol. The average Bonchev–Trinajstić information content (AvgIpc) is 3.26. The van der Waals surface area contributed by atoms with Gasteiger partial charge in [-0.05, 0) is 42.0 Å². The van der Waals surface area contributed by atoms with Gasteiger partial charge in [0.25, 0.3) is 0 Å². The number of urea groups is 1. The van der Waals surface area contributed by atoms with Gasteiger partial charge in [0.15, 0.2) is 0 Å². The lowest BCUT2D eigenvalue weighted by molar-refractivity contribution is 0.129. The first-order valence-corrected chi connectivity index (χ1v) is 11.1. The Balaban J connectivity index is 1.35. The van der Waals surface area contributed by atoms with Crippen LogP contribution in [0.2, 0.25) is 0 Å². The number of fused-ring (bicyclic) bond motifs is 1. The second kappa shape index (κ2) is 8.46. The molecule has 0 radical (unpaired) electrons. The Labute approximate surface area is 182 Å². The molecule has 0 aliphatic carbocycles. The van der Waals surface area contributed by atoms with E-state index < -0.39 is 0 Å². The molecule has 160 valence electrons. The molecule has 6 heteroatoms. The van der Waals surface area contributed by atoms with Gasteiger partial charge < -0.3 is 19.5 Å². The van der Waals surface area contributed by atoms with Gasteiger partial charge in [-0.2, -0.15) is 0 Å². The summed E-state index contributed by atoms with van der Waals surface area (Å²) in [6.45, 7) is 5.70. The van der Waals surface area contributed by atoms with Crippen molar-refractivity contribution >= 4 is 6.03 Å². The van der Waals surface area contributed by atoms with Crippen LogP contribution < -0.4 is 4.74 Å². The Morgan fingerprint density at radius 1 is 1.00 bits per heavy atom. The Hall–Kier alpha value is -3.28. The monoisotopic (exact) mass is 416 g/mol. The second-order valence-electron chi connectivity index (χ2n) is 8.56. The van der Waals surface area contributed by atoms with Crippen molar-refractivity contribution < 1.29 is 9.53 Å². The van der Waals surface area contributed by atoms with Crippen LogP contribution in [0, 0.1) is 5.92 Å². The van der Waals surface area contributed by atoms with Gasteiger partial charge in [0.05, 0.1) is 13.1 Å². The van der Waals surface area contributed by atoms with Gasteiger partial charge in [-0.1, -0.05) is 37.3 Å². The van der Waals surface area contributed by atoms with E-state index in [1.54, 1.807) is 6.20 Å². The van der Waals surface area contributed by atoms with Crippen LogP contribution in [0.5, 0.6) is 5.75 Å². The SMILES string of the molecule is CC1CCN(C(=O)N2CCOc3ccc(-c4ccc(-c5ncc[nH]5)cc4)cc3C2)CC1. The number of amides is 2. The number of ether oxygens (including phenoxy) is 1. The van der Waals surface area contributed by atoms with Crippen LogP contribution >= 0.6 is 0 Å². The highest BCUT2D eigenvalue weighted by Gasteiger charge is 2.27. The quantitative estimate of drug-likeness (QED) is 0.653. The molecular weight excluding hydrogens is 388 g/mol. The Kier molecular flexibility index (Phi) is 5.37. The minimum Gasteiger partial charge on any atom is -0.491 e. The third-order valence-corrected chi connectivity index (χ3v) is 6.36. The van der Waals surface area contributed by atoms with E-state index in [4.69, 9.17) is 4.74 Å². The van der Waals surface area contributed by atoms with Crippen LogP contribution in [0.3, 0.4) is 0 Å². The molecule has 1 fully saturated rings. The first-order valence-electron chi connectivity index (χ1n) is 11.1. The van der Waals surface area contributed by atoms with E-state index in [1.165, 1.54) is 0 Å². The van der Waals surface area contributed by atoms with Crippen molar-refractivity contribution in [2.45, 2.75) is 26.3 Å². The lowest BCUT2D eigenvalue weighted by Gasteiger charge is -2.34. The zero-order valence-electron chi connectivity index (χ0n) is 17.9. The molecule has 0 saturated carbocycles. The number of aromatic amines is 1. The van der Waals surface area contributed by atoms with Crippen molar-refractivity contribution in [3.8, 4) is 28.3 Å². The Bertz CT molecular complexity index is 1040. The fourth-order valence-electron chi connectivity index (χ4n) is 4.38. The summed E-state index contributed by atoms with van der Waals surface area (Å²) in [5, 5.41) is 0. The summed E-state index contributed by atoms with van der Waals surface area (Å²) in [7, 11) is 0. The van der Waals surface area contributed by atoms with E-state index in [2.05, 4.69) is 53.3 Å². The Morgan fingerprint density at radius 3 is 2.48 bits per heavy atom. The number of likely N-dealkylation sites (tertiary alicyclic amines) is 1. The lowest BCUT2D eigenvalue weighted by atomic mass is 9.99. The van der Waals surface area contributed by atoms with Crippen molar-refractivity contribution in [3.05, 3.63) is 60.4 Å². The van der Waals surface area contributed by atoms with Gasteiger partial charge in [-0.15, -0.1) is 0 Å². The molecule has 6 nitrogen and oxygen atoms in total. The first-order chi connectivity index (χ1) is 15.2. The van der Waals surface area contributed by atoms with Crippen LogP contribution in [-0.4, -0.2) is 52.0 Å². The number of imidazole rings is 1. The number of H-pyrrole nitrogens is 1. The van der Waals surface area contributed by atoms with E-state index in [0.29, 0.717) is 25.6 Å². The van der Waals surface area contributed by atoms with Gasteiger partial charge in [-0.3, -0.25) is 0 Å². The fraction of sp³-hybridized carbons (Fsp3) is 0.360. The molecule has 31 heavy (non-hydrogen) atoms. The number of nitrogens with zero attached hydrogens (tertiary/aromatic N) is 3. The van der Waals surface area contributed by atoms with Crippen molar-refractivity contribution in [1.82, 2.24) is 19.8 Å². The molecule has 3 aromatic rings. The molecule has 0 spiro atoms. The standard InChI is InChI=1S/C25H28N4O2/c1-18-8-12-28(13-9-18)25(30)29-14-15-31-23-7-6-21(16-22(23)17-29)19-2-4-20(5-3-19)24-26-10-11-27-24/h2-7,10-11,16,18H,8-9,12-15,17H2,1H3,(H,26,27). The minimum atomic E-state index is 0.136. The van der Waals surface area contributed by atoms with Gasteiger partial charge in [0.1, 0.15) is 18.2 Å². The third-order valence-electron chi connectivity index (χ3n) is 6.36. The topological polar surface area (TPSA) is 61.5 Å². The summed E-state index contributed by atoms with van der Waals surface area (Å²) in [6, 6.07) is 14.8. The lowest BCUT2D eigenvalue weighted by Crippen LogP contribution is -2.46. The van der Waals surface area contributed by atoms with E-state index in [0.717, 1.165) is 59.8 Å². The summed E-state index contributed by atoms with van der Waals surface area (Å²) >= 11 is 0. The molecule has 0 atom stereocenters. The largest absolute Gasteiger partial charge is 0.491 e. The summed E-state index contributed by atoms with van der Waals surface area (Å²) in [6.07, 6.45) is 5.76. The van der Waals surface area contributed by atoms with Gasteiger partial charge in [0.2, 0.25) is 0 Å². The van der Waals surface area contributed by atoms with Crippen LogP contribution in [-0.2, 0) is 6.54 Å². The molecule has 1 saturated heterocycles. The molecule has 2 aromatic carbocycles. The molecule has 5 rings (SSSR count). The number of nitrogens with one attached hydrogen (secondary N) is 1. The number of hydrogen-bond acceptors (Lipinski definition) is 3. The number of aromatic nitrogens is 2. The third kappa shape index (κ3) is 4.15. The zero-order chi connectivity index (χ0) is 21.2. The van der Waals surface area contributed by atoms with Crippen molar-refractivity contribution in [2.75, 3.05) is 26.2 Å². The highest BCUT2D eigenvalue weighted by atomic mass is 16.5. The number of hydrogen-bond donors (Lipinski definition) is 1. The van der Waals surface area contributed by atoms with Crippen molar-refractivity contribution in [1.29, 1.82) is 0 Å². The molecule has 1 N–H and O–H groups in total. The molecule has 2 aliphatic heterocycles. The van der Waals surface area contributed by atoms with Gasteiger partial charge in [-0.25, -0.2) is 9.78 Å². The number of carbonyl (C=O) groups is 1. The molecule has 1 aromatic heterocycles. The summed E-state index contributed by atoms with van der Waals surface area (Å²) in [4.78, 5) is 24.5. The number of carbonyl (C=O) groups excluding carboxylic acids is 1. The predicted octanol–water partition coefficient (Wildman–Crippen LogP) is 4.79. The summed E-state index contributed by atoms with van der Waals surface area (Å²) < 4.78 is 5.97. The van der Waals surface area contributed by atoms with Crippen LogP contribution in [0.25, 0.3) is 22.5 Å². The van der Waals surface area contributed by atoms with E-state index in [9.17, 15) is 4.79 Å². The van der Waals surface area contributed by atoms with Crippen LogP contribution in [0.15, 0.2) is 54.9 Å². The number of rotatable bonds is 2. The Morgan fingerprint density at radius 2 is 1.74 bits per heavy atom. The fourth-order valence-corrected chi connectivity index (χ4v) is 4.38. The zero-order valence-corrected chi connectivity index (χ0v) is 17.9. The average molecular weight is 417 g/mol. The maximum atomic E-state index is 13.1. The molecular formula is C25H28N4O2. The smallest absolute Gasteiger partial charge is 0.320 e. The molecule has 3 heterocycles. The van der Waals surface area contributed by atoms with Crippen LogP contribution in [0.4, 0.5) is 4.79 Å². The van der Waals surface area contributed by atoms with E-state index >= 15 is 0 Å².